The lowest BCUT2D eigenvalue weighted by Crippen LogP contribution is -1.86. The molecule has 2 aromatic rings. The first-order valence-electron chi connectivity index (χ1n) is 3.98. The second kappa shape index (κ2) is 3.74. The molecule has 1 aromatic carbocycles. The highest BCUT2D eigenvalue weighted by Crippen LogP contribution is 2.31. The minimum atomic E-state index is -0.302. The zero-order chi connectivity index (χ0) is 10.1. The van der Waals surface area contributed by atoms with Gasteiger partial charge in [0.25, 0.3) is 0 Å². The van der Waals surface area contributed by atoms with Crippen molar-refractivity contribution < 1.29 is 9.13 Å². The van der Waals surface area contributed by atoms with Crippen LogP contribution in [0.15, 0.2) is 12.1 Å². The van der Waals surface area contributed by atoms with Gasteiger partial charge in [-0.1, -0.05) is 0 Å². The van der Waals surface area contributed by atoms with Gasteiger partial charge < -0.3 is 4.74 Å². The number of aromatic nitrogens is 1. The van der Waals surface area contributed by atoms with E-state index in [9.17, 15) is 4.39 Å². The third kappa shape index (κ3) is 1.57. The van der Waals surface area contributed by atoms with Crippen molar-refractivity contribution in [2.75, 3.05) is 7.11 Å². The minimum absolute atomic E-state index is 0.302. The van der Waals surface area contributed by atoms with Crippen LogP contribution in [-0.4, -0.2) is 12.1 Å². The molecule has 0 radical (unpaired) electrons. The molecule has 0 fully saturated rings. The van der Waals surface area contributed by atoms with Gasteiger partial charge in [-0.25, -0.2) is 9.37 Å². The third-order valence-electron chi connectivity index (χ3n) is 1.82. The Balaban J connectivity index is 2.71. The second-order valence-corrected chi connectivity index (χ2v) is 4.15. The van der Waals surface area contributed by atoms with Crippen LogP contribution in [0.4, 0.5) is 4.39 Å². The lowest BCUT2D eigenvalue weighted by atomic mass is 10.3. The molecule has 1 aromatic heterocycles. The van der Waals surface area contributed by atoms with Crippen molar-refractivity contribution in [3.05, 3.63) is 23.0 Å². The number of ether oxygens (including phenoxy) is 1. The molecular weight excluding hydrogens is 221 g/mol. The summed E-state index contributed by atoms with van der Waals surface area (Å²) in [5, 5.41) is 0.868. The van der Waals surface area contributed by atoms with E-state index in [0.29, 0.717) is 17.0 Å². The zero-order valence-electron chi connectivity index (χ0n) is 7.45. The van der Waals surface area contributed by atoms with Gasteiger partial charge in [0, 0.05) is 11.8 Å². The molecule has 0 aliphatic carbocycles. The molecule has 74 valence electrons. The van der Waals surface area contributed by atoms with Crippen LogP contribution in [0.1, 0.15) is 5.01 Å². The number of hydrogen-bond donors (Lipinski definition) is 1. The van der Waals surface area contributed by atoms with Crippen LogP contribution < -0.4 is 4.74 Å². The van der Waals surface area contributed by atoms with Gasteiger partial charge in [0.05, 0.1) is 11.8 Å². The first kappa shape index (κ1) is 9.73. The predicted octanol–water partition coefficient (Wildman–Crippen LogP) is 2.87. The smallest absolute Gasteiger partial charge is 0.148 e. The van der Waals surface area contributed by atoms with Crippen LogP contribution in [0.3, 0.4) is 0 Å². The van der Waals surface area contributed by atoms with Gasteiger partial charge in [0.1, 0.15) is 22.1 Å². The maximum atomic E-state index is 13.1. The molecule has 0 unspecified atom stereocenters. The number of thiol groups is 1. The molecule has 0 saturated carbocycles. The molecule has 1 heterocycles. The molecule has 0 saturated heterocycles. The normalized spacial score (nSPS) is 10.8. The Morgan fingerprint density at radius 3 is 3.00 bits per heavy atom. The summed E-state index contributed by atoms with van der Waals surface area (Å²) >= 11 is 5.56. The summed E-state index contributed by atoms with van der Waals surface area (Å²) in [5.41, 5.74) is 0.711. The number of hydrogen-bond acceptors (Lipinski definition) is 4. The SMILES string of the molecule is COc1cc(F)cc2sc(CS)nc12. The highest BCUT2D eigenvalue weighted by atomic mass is 32.1. The summed E-state index contributed by atoms with van der Waals surface area (Å²) in [6, 6.07) is 2.80. The first-order chi connectivity index (χ1) is 6.74. The molecule has 0 amide bonds. The lowest BCUT2D eigenvalue weighted by molar-refractivity contribution is 0.415. The van der Waals surface area contributed by atoms with Gasteiger partial charge in [-0.3, -0.25) is 0 Å². The molecule has 14 heavy (non-hydrogen) atoms. The van der Waals surface area contributed by atoms with Crippen molar-refractivity contribution in [2.45, 2.75) is 5.75 Å². The Morgan fingerprint density at radius 1 is 1.57 bits per heavy atom. The van der Waals surface area contributed by atoms with E-state index in [1.165, 1.54) is 30.6 Å². The molecule has 0 N–H and O–H groups in total. The van der Waals surface area contributed by atoms with Crippen LogP contribution in [0.5, 0.6) is 5.75 Å². The Bertz CT molecular complexity index is 469. The fourth-order valence-corrected chi connectivity index (χ4v) is 2.37. The van der Waals surface area contributed by atoms with E-state index in [0.717, 1.165) is 9.71 Å². The van der Waals surface area contributed by atoms with Gasteiger partial charge in [-0.2, -0.15) is 12.6 Å². The molecular formula is C9H8FNOS2. The standard InChI is InChI=1S/C9H8FNOS2/c1-12-6-2-5(10)3-7-9(6)11-8(4-13)14-7/h2-3,13H,4H2,1H3. The van der Waals surface area contributed by atoms with Gasteiger partial charge in [-0.05, 0) is 6.07 Å². The van der Waals surface area contributed by atoms with Crippen LogP contribution in [0, 0.1) is 5.82 Å². The van der Waals surface area contributed by atoms with Crippen LogP contribution >= 0.6 is 24.0 Å². The van der Waals surface area contributed by atoms with Crippen molar-refractivity contribution in [1.29, 1.82) is 0 Å². The Hall–Kier alpha value is -0.810. The predicted molar refractivity (Wildman–Crippen MR) is 58.8 cm³/mol. The van der Waals surface area contributed by atoms with Crippen molar-refractivity contribution in [2.24, 2.45) is 0 Å². The van der Waals surface area contributed by atoms with Crippen LogP contribution in [0.2, 0.25) is 0 Å². The summed E-state index contributed by atoms with van der Waals surface area (Å²) in [7, 11) is 1.51. The number of benzene rings is 1. The summed E-state index contributed by atoms with van der Waals surface area (Å²) < 4.78 is 18.9. The number of halogens is 1. The number of fused-ring (bicyclic) bond motifs is 1. The molecule has 0 bridgehead atoms. The highest BCUT2D eigenvalue weighted by Gasteiger charge is 2.09. The van der Waals surface area contributed by atoms with E-state index in [4.69, 9.17) is 4.74 Å². The van der Waals surface area contributed by atoms with Crippen molar-refractivity contribution in [3.8, 4) is 5.75 Å². The van der Waals surface area contributed by atoms with E-state index in [-0.39, 0.29) is 5.82 Å². The Morgan fingerprint density at radius 2 is 2.36 bits per heavy atom. The number of methoxy groups -OCH3 is 1. The molecule has 0 aliphatic rings. The van der Waals surface area contributed by atoms with E-state index in [1.54, 1.807) is 0 Å². The van der Waals surface area contributed by atoms with Gasteiger partial charge in [-0.15, -0.1) is 11.3 Å². The van der Waals surface area contributed by atoms with Crippen LogP contribution in [-0.2, 0) is 5.75 Å². The summed E-state index contributed by atoms with van der Waals surface area (Å²) in [6.07, 6.45) is 0. The minimum Gasteiger partial charge on any atom is -0.494 e. The van der Waals surface area contributed by atoms with E-state index in [2.05, 4.69) is 17.6 Å². The largest absolute Gasteiger partial charge is 0.494 e. The Labute approximate surface area is 90.1 Å². The van der Waals surface area contributed by atoms with Crippen molar-refractivity contribution in [3.63, 3.8) is 0 Å². The molecule has 2 rings (SSSR count). The molecule has 2 nitrogen and oxygen atoms in total. The summed E-state index contributed by atoms with van der Waals surface area (Å²) in [5.74, 6) is 0.734. The maximum Gasteiger partial charge on any atom is 0.148 e. The number of nitrogens with zero attached hydrogens (tertiary/aromatic N) is 1. The first-order valence-corrected chi connectivity index (χ1v) is 5.43. The third-order valence-corrected chi connectivity index (χ3v) is 3.34. The van der Waals surface area contributed by atoms with Crippen LogP contribution in [0.25, 0.3) is 10.2 Å². The molecule has 0 spiro atoms. The monoisotopic (exact) mass is 229 g/mol. The van der Waals surface area contributed by atoms with Crippen molar-refractivity contribution >= 4 is 34.2 Å². The fraction of sp³-hybridized carbons (Fsp3) is 0.222. The summed E-state index contributed by atoms with van der Waals surface area (Å²) in [4.78, 5) is 4.29. The average molecular weight is 229 g/mol. The topological polar surface area (TPSA) is 22.1 Å². The van der Waals surface area contributed by atoms with E-state index >= 15 is 0 Å². The lowest BCUT2D eigenvalue weighted by Gasteiger charge is -1.99. The Kier molecular flexibility index (Phi) is 2.60. The zero-order valence-corrected chi connectivity index (χ0v) is 9.16. The average Bonchev–Trinajstić information content (AvgIpc) is 2.59. The number of thiazole rings is 1. The molecule has 0 atom stereocenters. The van der Waals surface area contributed by atoms with Gasteiger partial charge >= 0.3 is 0 Å². The van der Waals surface area contributed by atoms with E-state index < -0.39 is 0 Å². The maximum absolute atomic E-state index is 13.1. The molecule has 0 aliphatic heterocycles. The summed E-state index contributed by atoms with van der Waals surface area (Å²) in [6.45, 7) is 0. The quantitative estimate of drug-likeness (QED) is 0.800. The van der Waals surface area contributed by atoms with Gasteiger partial charge in [0.15, 0.2) is 0 Å². The van der Waals surface area contributed by atoms with Crippen molar-refractivity contribution in [1.82, 2.24) is 4.98 Å². The fourth-order valence-electron chi connectivity index (χ4n) is 1.24. The number of rotatable bonds is 2. The van der Waals surface area contributed by atoms with E-state index in [1.807, 2.05) is 0 Å². The van der Waals surface area contributed by atoms with Gasteiger partial charge in [0.2, 0.25) is 0 Å². The molecule has 5 heteroatoms. The second-order valence-electron chi connectivity index (χ2n) is 2.72. The highest BCUT2D eigenvalue weighted by molar-refractivity contribution is 7.79.